The number of carboxylic acids is 1. The molecule has 0 saturated heterocycles. The first-order chi connectivity index (χ1) is 8.36. The Kier molecular flexibility index (Phi) is 4.85. The molecular weight excluding hydrogens is 232 g/mol. The summed E-state index contributed by atoms with van der Waals surface area (Å²) in [6, 6.07) is 5.99. The van der Waals surface area contributed by atoms with Crippen LogP contribution in [-0.4, -0.2) is 35.0 Å². The first kappa shape index (κ1) is 14.2. The molecule has 0 atom stereocenters. The number of hydrogen-bond acceptors (Lipinski definition) is 3. The van der Waals surface area contributed by atoms with Crippen molar-refractivity contribution in [2.45, 2.75) is 20.4 Å². The number of carbonyl (C=O) groups is 2. The zero-order chi connectivity index (χ0) is 13.7. The van der Waals surface area contributed by atoms with E-state index in [9.17, 15) is 9.59 Å². The van der Waals surface area contributed by atoms with E-state index in [0.717, 1.165) is 16.7 Å². The summed E-state index contributed by atoms with van der Waals surface area (Å²) < 4.78 is 0. The van der Waals surface area contributed by atoms with Crippen LogP contribution in [0.25, 0.3) is 0 Å². The summed E-state index contributed by atoms with van der Waals surface area (Å²) in [4.78, 5) is 23.1. The number of aliphatic carboxylic acids is 1. The molecule has 3 N–H and O–H groups in total. The Hall–Kier alpha value is -1.88. The van der Waals surface area contributed by atoms with Crippen LogP contribution in [0.3, 0.4) is 0 Å². The van der Waals surface area contributed by atoms with E-state index >= 15 is 0 Å². The van der Waals surface area contributed by atoms with Crippen molar-refractivity contribution in [1.29, 1.82) is 0 Å². The van der Waals surface area contributed by atoms with E-state index in [1.165, 1.54) is 4.90 Å². The summed E-state index contributed by atoms with van der Waals surface area (Å²) in [7, 11) is 0. The third kappa shape index (κ3) is 4.97. The maximum atomic E-state index is 10.9. The second-order valence-corrected chi connectivity index (χ2v) is 4.50. The van der Waals surface area contributed by atoms with Crippen LogP contribution in [-0.2, 0) is 16.1 Å². The van der Waals surface area contributed by atoms with E-state index in [4.69, 9.17) is 10.8 Å². The number of hydrogen-bond donors (Lipinski definition) is 2. The van der Waals surface area contributed by atoms with Gasteiger partial charge in [-0.1, -0.05) is 29.3 Å². The minimum Gasteiger partial charge on any atom is -0.480 e. The predicted molar refractivity (Wildman–Crippen MR) is 68.0 cm³/mol. The molecule has 1 aromatic carbocycles. The zero-order valence-electron chi connectivity index (χ0n) is 10.6. The van der Waals surface area contributed by atoms with Gasteiger partial charge in [-0.15, -0.1) is 0 Å². The van der Waals surface area contributed by atoms with Crippen LogP contribution in [0.4, 0.5) is 0 Å². The Balaban J connectivity index is 2.80. The third-order valence-corrected chi connectivity index (χ3v) is 2.43. The van der Waals surface area contributed by atoms with Crippen molar-refractivity contribution in [1.82, 2.24) is 4.90 Å². The molecule has 0 aromatic heterocycles. The molecule has 0 heterocycles. The molecule has 0 radical (unpaired) electrons. The van der Waals surface area contributed by atoms with Crippen LogP contribution in [0.1, 0.15) is 16.7 Å². The molecule has 0 unspecified atom stereocenters. The molecule has 0 bridgehead atoms. The number of rotatable bonds is 6. The van der Waals surface area contributed by atoms with E-state index in [2.05, 4.69) is 0 Å². The Morgan fingerprint density at radius 3 is 2.17 bits per heavy atom. The Bertz CT molecular complexity index is 421. The van der Waals surface area contributed by atoms with Crippen LogP contribution in [0.2, 0.25) is 0 Å². The van der Waals surface area contributed by atoms with Gasteiger partial charge < -0.3 is 10.8 Å². The molecule has 0 aliphatic carbocycles. The van der Waals surface area contributed by atoms with Gasteiger partial charge in [0.2, 0.25) is 5.91 Å². The molecule has 0 saturated carbocycles. The molecule has 0 fully saturated rings. The molecule has 0 spiro atoms. The molecule has 0 aliphatic rings. The molecule has 18 heavy (non-hydrogen) atoms. The Morgan fingerprint density at radius 2 is 1.72 bits per heavy atom. The predicted octanol–water partition coefficient (Wildman–Crippen LogP) is 0.675. The number of primary amides is 1. The third-order valence-electron chi connectivity index (χ3n) is 2.43. The lowest BCUT2D eigenvalue weighted by Gasteiger charge is -2.19. The number of nitrogens with zero attached hydrogens (tertiary/aromatic N) is 1. The zero-order valence-corrected chi connectivity index (χ0v) is 10.6. The topological polar surface area (TPSA) is 83.6 Å². The van der Waals surface area contributed by atoms with Crippen molar-refractivity contribution in [2.75, 3.05) is 13.1 Å². The largest absolute Gasteiger partial charge is 0.480 e. The maximum absolute atomic E-state index is 10.9. The quantitative estimate of drug-likeness (QED) is 0.777. The molecule has 1 aromatic rings. The lowest BCUT2D eigenvalue weighted by molar-refractivity contribution is -0.138. The van der Waals surface area contributed by atoms with Gasteiger partial charge in [0.15, 0.2) is 0 Å². The van der Waals surface area contributed by atoms with Crippen molar-refractivity contribution in [3.05, 3.63) is 34.9 Å². The van der Waals surface area contributed by atoms with Gasteiger partial charge in [-0.2, -0.15) is 0 Å². The van der Waals surface area contributed by atoms with Gasteiger partial charge in [0.1, 0.15) is 0 Å². The van der Waals surface area contributed by atoms with Gasteiger partial charge in [-0.25, -0.2) is 0 Å². The number of benzene rings is 1. The van der Waals surface area contributed by atoms with Crippen LogP contribution in [0.15, 0.2) is 18.2 Å². The first-order valence-electron chi connectivity index (χ1n) is 5.66. The van der Waals surface area contributed by atoms with Gasteiger partial charge in [0.05, 0.1) is 13.1 Å². The molecule has 98 valence electrons. The number of carboxylic acid groups (broad SMARTS) is 1. The average molecular weight is 250 g/mol. The summed E-state index contributed by atoms with van der Waals surface area (Å²) >= 11 is 0. The van der Waals surface area contributed by atoms with E-state index in [-0.39, 0.29) is 13.1 Å². The highest BCUT2D eigenvalue weighted by Gasteiger charge is 2.13. The Labute approximate surface area is 106 Å². The SMILES string of the molecule is Cc1cc(C)cc(CN(CC(N)=O)CC(=O)O)c1. The van der Waals surface area contributed by atoms with Gasteiger partial charge in [-0.3, -0.25) is 14.5 Å². The smallest absolute Gasteiger partial charge is 0.317 e. The maximum Gasteiger partial charge on any atom is 0.317 e. The summed E-state index contributed by atoms with van der Waals surface area (Å²) in [6.07, 6.45) is 0. The highest BCUT2D eigenvalue weighted by atomic mass is 16.4. The molecular formula is C13H18N2O3. The number of nitrogens with two attached hydrogens (primary N) is 1. The standard InChI is InChI=1S/C13H18N2O3/c1-9-3-10(2)5-11(4-9)6-15(7-12(14)16)8-13(17)18/h3-5H,6-8H2,1-2H3,(H2,14,16)(H,17,18). The second-order valence-electron chi connectivity index (χ2n) is 4.50. The highest BCUT2D eigenvalue weighted by Crippen LogP contribution is 2.11. The van der Waals surface area contributed by atoms with E-state index in [0.29, 0.717) is 6.54 Å². The molecule has 1 rings (SSSR count). The van der Waals surface area contributed by atoms with Crippen molar-refractivity contribution in [2.24, 2.45) is 5.73 Å². The van der Waals surface area contributed by atoms with E-state index < -0.39 is 11.9 Å². The van der Waals surface area contributed by atoms with Crippen molar-refractivity contribution in [3.8, 4) is 0 Å². The molecule has 5 heteroatoms. The summed E-state index contributed by atoms with van der Waals surface area (Å²) in [6.45, 7) is 4.10. The second kappa shape index (κ2) is 6.16. The lowest BCUT2D eigenvalue weighted by Crippen LogP contribution is -2.36. The average Bonchev–Trinajstić information content (AvgIpc) is 2.12. The summed E-state index contributed by atoms with van der Waals surface area (Å²) in [5, 5.41) is 8.79. The fourth-order valence-electron chi connectivity index (χ4n) is 2.00. The summed E-state index contributed by atoms with van der Waals surface area (Å²) in [5.41, 5.74) is 8.31. The highest BCUT2D eigenvalue weighted by molar-refractivity contribution is 5.77. The Morgan fingerprint density at radius 1 is 1.17 bits per heavy atom. The number of carbonyl (C=O) groups excluding carboxylic acids is 1. The van der Waals surface area contributed by atoms with Crippen molar-refractivity contribution in [3.63, 3.8) is 0 Å². The molecule has 0 aliphatic heterocycles. The van der Waals surface area contributed by atoms with Crippen LogP contribution in [0, 0.1) is 13.8 Å². The fraction of sp³-hybridized carbons (Fsp3) is 0.385. The van der Waals surface area contributed by atoms with Crippen LogP contribution >= 0.6 is 0 Å². The van der Waals surface area contributed by atoms with Gasteiger partial charge >= 0.3 is 5.97 Å². The van der Waals surface area contributed by atoms with Crippen molar-refractivity contribution < 1.29 is 14.7 Å². The lowest BCUT2D eigenvalue weighted by atomic mass is 10.1. The fourth-order valence-corrected chi connectivity index (χ4v) is 2.00. The van der Waals surface area contributed by atoms with Gasteiger partial charge in [0.25, 0.3) is 0 Å². The van der Waals surface area contributed by atoms with Crippen molar-refractivity contribution >= 4 is 11.9 Å². The normalized spacial score (nSPS) is 10.6. The van der Waals surface area contributed by atoms with Crippen LogP contribution in [0.5, 0.6) is 0 Å². The monoisotopic (exact) mass is 250 g/mol. The molecule has 5 nitrogen and oxygen atoms in total. The first-order valence-corrected chi connectivity index (χ1v) is 5.66. The van der Waals surface area contributed by atoms with E-state index in [1.54, 1.807) is 0 Å². The number of aryl methyl sites for hydroxylation is 2. The minimum absolute atomic E-state index is 0.0563. The van der Waals surface area contributed by atoms with Gasteiger partial charge in [-0.05, 0) is 19.4 Å². The summed E-state index contributed by atoms with van der Waals surface area (Å²) in [5.74, 6) is -1.50. The minimum atomic E-state index is -0.972. The number of amides is 1. The van der Waals surface area contributed by atoms with E-state index in [1.807, 2.05) is 32.0 Å². The van der Waals surface area contributed by atoms with Crippen LogP contribution < -0.4 is 5.73 Å². The van der Waals surface area contributed by atoms with Gasteiger partial charge in [0, 0.05) is 6.54 Å². The molecule has 1 amide bonds.